The third-order valence-electron chi connectivity index (χ3n) is 2.80. The molecule has 1 fully saturated rings. The van der Waals surface area contributed by atoms with Crippen molar-refractivity contribution in [2.24, 2.45) is 0 Å². The molecular weight excluding hydrogens is 345 g/mol. The van der Waals surface area contributed by atoms with Gasteiger partial charge in [-0.1, -0.05) is 0 Å². The monoisotopic (exact) mass is 363 g/mol. The molecule has 18 heavy (non-hydrogen) atoms. The standard InChI is InChI=1S/C12H18IN3O2/c1-12(2,3)18-11(17)16-6-4-5-9(16)8-7-14-10(13)15-8/h7,9H,4-6H2,1-3H3,(H,14,15)/t9-/m0/s1. The van der Waals surface area contributed by atoms with E-state index >= 15 is 0 Å². The normalized spacial score (nSPS) is 20.2. The maximum atomic E-state index is 12.1. The lowest BCUT2D eigenvalue weighted by molar-refractivity contribution is 0.0221. The van der Waals surface area contributed by atoms with Crippen molar-refractivity contribution in [3.63, 3.8) is 0 Å². The summed E-state index contributed by atoms with van der Waals surface area (Å²) in [4.78, 5) is 21.3. The molecule has 0 aliphatic carbocycles. The first-order chi connectivity index (χ1) is 8.37. The maximum absolute atomic E-state index is 12.1. The molecule has 0 radical (unpaired) electrons. The Labute approximate surface area is 120 Å². The molecule has 0 spiro atoms. The molecule has 1 amide bonds. The summed E-state index contributed by atoms with van der Waals surface area (Å²) >= 11 is 2.13. The Balaban J connectivity index is 2.10. The Morgan fingerprint density at radius 3 is 2.89 bits per heavy atom. The van der Waals surface area contributed by atoms with Gasteiger partial charge in [-0.3, -0.25) is 4.90 Å². The van der Waals surface area contributed by atoms with Crippen LogP contribution in [0.25, 0.3) is 0 Å². The molecule has 1 aromatic heterocycles. The van der Waals surface area contributed by atoms with Crippen LogP contribution in [-0.4, -0.2) is 33.1 Å². The summed E-state index contributed by atoms with van der Waals surface area (Å²) in [7, 11) is 0. The Morgan fingerprint density at radius 2 is 2.33 bits per heavy atom. The zero-order chi connectivity index (χ0) is 13.3. The minimum atomic E-state index is -0.452. The highest BCUT2D eigenvalue weighted by molar-refractivity contribution is 14.1. The fourth-order valence-electron chi connectivity index (χ4n) is 2.11. The minimum Gasteiger partial charge on any atom is -0.444 e. The van der Waals surface area contributed by atoms with Gasteiger partial charge in [0.05, 0.1) is 17.9 Å². The molecule has 6 heteroatoms. The molecule has 0 unspecified atom stereocenters. The van der Waals surface area contributed by atoms with Crippen LogP contribution in [-0.2, 0) is 4.74 Å². The molecule has 2 rings (SSSR count). The van der Waals surface area contributed by atoms with Crippen molar-refractivity contribution in [2.45, 2.75) is 45.3 Å². The molecule has 5 nitrogen and oxygen atoms in total. The topological polar surface area (TPSA) is 58.2 Å². The zero-order valence-electron chi connectivity index (χ0n) is 10.9. The molecule has 1 atom stereocenters. The second-order valence-corrected chi connectivity index (χ2v) is 6.48. The third kappa shape index (κ3) is 3.15. The van der Waals surface area contributed by atoms with Crippen molar-refractivity contribution in [2.75, 3.05) is 6.54 Å². The van der Waals surface area contributed by atoms with Gasteiger partial charge in [-0.25, -0.2) is 9.78 Å². The summed E-state index contributed by atoms with van der Waals surface area (Å²) in [5, 5.41) is 0. The number of carbonyl (C=O) groups excluding carboxylic acids is 1. The lowest BCUT2D eigenvalue weighted by atomic mass is 10.1. The Hall–Kier alpha value is -0.790. The zero-order valence-corrected chi connectivity index (χ0v) is 13.0. The van der Waals surface area contributed by atoms with E-state index in [1.54, 1.807) is 11.1 Å². The maximum Gasteiger partial charge on any atom is 0.410 e. The van der Waals surface area contributed by atoms with Crippen molar-refractivity contribution >= 4 is 28.7 Å². The van der Waals surface area contributed by atoms with Gasteiger partial charge in [0.1, 0.15) is 5.60 Å². The number of likely N-dealkylation sites (tertiary alicyclic amines) is 1. The van der Waals surface area contributed by atoms with Crippen molar-refractivity contribution < 1.29 is 9.53 Å². The number of amides is 1. The molecule has 1 aliphatic rings. The first-order valence-electron chi connectivity index (χ1n) is 6.07. The Morgan fingerprint density at radius 1 is 1.61 bits per heavy atom. The molecule has 1 aliphatic heterocycles. The van der Waals surface area contributed by atoms with Crippen LogP contribution in [0.15, 0.2) is 6.20 Å². The van der Waals surface area contributed by atoms with Crippen LogP contribution in [0.4, 0.5) is 4.79 Å². The summed E-state index contributed by atoms with van der Waals surface area (Å²) in [6.45, 7) is 6.40. The van der Waals surface area contributed by atoms with Gasteiger partial charge in [-0.15, -0.1) is 0 Å². The van der Waals surface area contributed by atoms with E-state index in [2.05, 4.69) is 32.6 Å². The van der Waals surface area contributed by atoms with Crippen molar-refractivity contribution in [1.29, 1.82) is 0 Å². The number of halogens is 1. The molecule has 1 N–H and O–H groups in total. The van der Waals surface area contributed by atoms with Gasteiger partial charge in [0.25, 0.3) is 0 Å². The van der Waals surface area contributed by atoms with E-state index in [4.69, 9.17) is 4.74 Å². The van der Waals surface area contributed by atoms with Crippen LogP contribution in [0.3, 0.4) is 0 Å². The van der Waals surface area contributed by atoms with Gasteiger partial charge in [-0.05, 0) is 56.2 Å². The van der Waals surface area contributed by atoms with E-state index in [-0.39, 0.29) is 12.1 Å². The Kier molecular flexibility index (Phi) is 3.84. The lowest BCUT2D eigenvalue weighted by Crippen LogP contribution is -2.36. The third-order valence-corrected chi connectivity index (χ3v) is 3.35. The molecule has 0 saturated carbocycles. The van der Waals surface area contributed by atoms with Gasteiger partial charge >= 0.3 is 6.09 Å². The van der Waals surface area contributed by atoms with Crippen molar-refractivity contribution in [3.8, 4) is 0 Å². The molecule has 2 heterocycles. The number of H-pyrrole nitrogens is 1. The van der Waals surface area contributed by atoms with E-state index in [1.807, 2.05) is 20.8 Å². The summed E-state index contributed by atoms with van der Waals surface area (Å²) in [6.07, 6.45) is 3.52. The molecule has 0 aromatic carbocycles. The van der Waals surface area contributed by atoms with Gasteiger partial charge in [0, 0.05) is 6.54 Å². The first kappa shape index (κ1) is 13.6. The number of carbonyl (C=O) groups is 1. The van der Waals surface area contributed by atoms with E-state index in [9.17, 15) is 4.79 Å². The number of aromatic nitrogens is 2. The van der Waals surface area contributed by atoms with Crippen LogP contribution in [0.2, 0.25) is 0 Å². The molecule has 100 valence electrons. The van der Waals surface area contributed by atoms with Crippen LogP contribution in [0, 0.1) is 3.83 Å². The van der Waals surface area contributed by atoms with Crippen LogP contribution in [0.1, 0.15) is 45.3 Å². The predicted molar refractivity (Wildman–Crippen MR) is 76.2 cm³/mol. The minimum absolute atomic E-state index is 0.0656. The number of hydrogen-bond acceptors (Lipinski definition) is 3. The number of ether oxygens (including phenoxy) is 1. The summed E-state index contributed by atoms with van der Waals surface area (Å²) in [5.41, 5.74) is 0.537. The summed E-state index contributed by atoms with van der Waals surface area (Å²) in [6, 6.07) is 0.0656. The smallest absolute Gasteiger partial charge is 0.410 e. The molecule has 0 bridgehead atoms. The van der Waals surface area contributed by atoms with E-state index in [0.717, 1.165) is 28.9 Å². The number of imidazole rings is 1. The van der Waals surface area contributed by atoms with Gasteiger partial charge in [0.2, 0.25) is 0 Å². The molecular formula is C12H18IN3O2. The molecule has 1 aromatic rings. The number of rotatable bonds is 1. The quantitative estimate of drug-likeness (QED) is 0.781. The summed E-state index contributed by atoms with van der Waals surface area (Å²) in [5.74, 6) is 0. The highest BCUT2D eigenvalue weighted by Gasteiger charge is 2.33. The fourth-order valence-corrected chi connectivity index (χ4v) is 2.56. The number of aromatic amines is 1. The fraction of sp³-hybridized carbons (Fsp3) is 0.667. The van der Waals surface area contributed by atoms with Crippen LogP contribution < -0.4 is 0 Å². The predicted octanol–water partition coefficient (Wildman–Crippen LogP) is 3.09. The Bertz CT molecular complexity index is 439. The second-order valence-electron chi connectivity index (χ2n) is 5.46. The lowest BCUT2D eigenvalue weighted by Gasteiger charge is -2.28. The van der Waals surface area contributed by atoms with Crippen molar-refractivity contribution in [1.82, 2.24) is 14.9 Å². The average Bonchev–Trinajstić information content (AvgIpc) is 2.81. The van der Waals surface area contributed by atoms with Crippen LogP contribution in [0.5, 0.6) is 0 Å². The second kappa shape index (κ2) is 5.07. The van der Waals surface area contributed by atoms with E-state index < -0.39 is 5.60 Å². The molecule has 1 saturated heterocycles. The largest absolute Gasteiger partial charge is 0.444 e. The van der Waals surface area contributed by atoms with Crippen LogP contribution >= 0.6 is 22.6 Å². The summed E-state index contributed by atoms with van der Waals surface area (Å²) < 4.78 is 6.28. The van der Waals surface area contributed by atoms with Gasteiger partial charge in [-0.2, -0.15) is 0 Å². The van der Waals surface area contributed by atoms with Gasteiger partial charge in [0.15, 0.2) is 3.83 Å². The number of nitrogens with zero attached hydrogens (tertiary/aromatic N) is 2. The highest BCUT2D eigenvalue weighted by Crippen LogP contribution is 2.32. The highest BCUT2D eigenvalue weighted by atomic mass is 127. The SMILES string of the molecule is CC(C)(C)OC(=O)N1CCC[C@H]1c1cnc(I)[nH]1. The average molecular weight is 363 g/mol. The van der Waals surface area contributed by atoms with E-state index in [0.29, 0.717) is 0 Å². The van der Waals surface area contributed by atoms with E-state index in [1.165, 1.54) is 0 Å². The van der Waals surface area contributed by atoms with Gasteiger partial charge < -0.3 is 9.72 Å². The number of hydrogen-bond donors (Lipinski definition) is 1. The first-order valence-corrected chi connectivity index (χ1v) is 7.15. The van der Waals surface area contributed by atoms with Crippen molar-refractivity contribution in [3.05, 3.63) is 15.7 Å². The number of nitrogens with one attached hydrogen (secondary N) is 1.